The fourth-order valence-corrected chi connectivity index (χ4v) is 4.23. The SMILES string of the molecule is Cc1cn2cc(Cn3cc4c(NCc5ccc6ccc(Cl)cc6n5)nccc4n3)ccc2n1. The van der Waals surface area contributed by atoms with Gasteiger partial charge in [-0.25, -0.2) is 9.97 Å². The molecule has 0 amide bonds. The lowest BCUT2D eigenvalue weighted by Gasteiger charge is -2.07. The van der Waals surface area contributed by atoms with Crippen molar-refractivity contribution >= 4 is 44.9 Å². The van der Waals surface area contributed by atoms with Crippen molar-refractivity contribution in [3.63, 3.8) is 0 Å². The van der Waals surface area contributed by atoms with Crippen LogP contribution in [0.25, 0.3) is 27.5 Å². The summed E-state index contributed by atoms with van der Waals surface area (Å²) in [6, 6.07) is 15.8. The van der Waals surface area contributed by atoms with Crippen molar-refractivity contribution in [3.8, 4) is 0 Å². The normalized spacial score (nSPS) is 11.6. The Balaban J connectivity index is 1.25. The van der Waals surface area contributed by atoms with E-state index in [4.69, 9.17) is 21.7 Å². The Hall–Kier alpha value is -3.97. The van der Waals surface area contributed by atoms with Crippen LogP contribution in [0.5, 0.6) is 0 Å². The van der Waals surface area contributed by atoms with Crippen LogP contribution in [0, 0.1) is 6.92 Å². The minimum absolute atomic E-state index is 0.552. The van der Waals surface area contributed by atoms with Gasteiger partial charge in [0.05, 0.1) is 40.9 Å². The van der Waals surface area contributed by atoms with Crippen LogP contribution in [0.3, 0.4) is 0 Å². The highest BCUT2D eigenvalue weighted by Crippen LogP contribution is 2.22. The van der Waals surface area contributed by atoms with E-state index in [1.165, 1.54) is 0 Å². The van der Waals surface area contributed by atoms with E-state index in [1.54, 1.807) is 6.20 Å². The zero-order valence-corrected chi connectivity index (χ0v) is 18.7. The van der Waals surface area contributed by atoms with Gasteiger partial charge in [0, 0.05) is 35.2 Å². The van der Waals surface area contributed by atoms with Crippen molar-refractivity contribution < 1.29 is 0 Å². The third kappa shape index (κ3) is 3.87. The first-order chi connectivity index (χ1) is 16.1. The summed E-state index contributed by atoms with van der Waals surface area (Å²) in [5.41, 5.74) is 5.79. The number of fused-ring (bicyclic) bond motifs is 3. The zero-order chi connectivity index (χ0) is 22.4. The van der Waals surface area contributed by atoms with Gasteiger partial charge >= 0.3 is 0 Å². The van der Waals surface area contributed by atoms with Crippen molar-refractivity contribution in [2.75, 3.05) is 5.32 Å². The van der Waals surface area contributed by atoms with Gasteiger partial charge < -0.3 is 9.72 Å². The van der Waals surface area contributed by atoms with Crippen LogP contribution in [0.15, 0.2) is 73.3 Å². The largest absolute Gasteiger partial charge is 0.364 e. The van der Waals surface area contributed by atoms with E-state index >= 15 is 0 Å². The minimum Gasteiger partial charge on any atom is -0.364 e. The number of nitrogens with one attached hydrogen (secondary N) is 1. The average Bonchev–Trinajstić information content (AvgIpc) is 3.39. The van der Waals surface area contributed by atoms with Crippen LogP contribution in [-0.4, -0.2) is 29.1 Å². The summed E-state index contributed by atoms with van der Waals surface area (Å²) in [7, 11) is 0. The fourth-order valence-electron chi connectivity index (χ4n) is 4.07. The molecule has 1 N–H and O–H groups in total. The first-order valence-electron chi connectivity index (χ1n) is 10.7. The number of rotatable bonds is 5. The molecular weight excluding hydrogens is 434 g/mol. The molecule has 0 radical (unpaired) electrons. The molecule has 6 aromatic rings. The average molecular weight is 454 g/mol. The Morgan fingerprint density at radius 1 is 0.939 bits per heavy atom. The molecule has 0 aliphatic heterocycles. The number of hydrogen-bond acceptors (Lipinski definition) is 5. The highest BCUT2D eigenvalue weighted by atomic mass is 35.5. The topological polar surface area (TPSA) is 72.9 Å². The second-order valence-corrected chi connectivity index (χ2v) is 8.53. The molecule has 0 fully saturated rings. The van der Waals surface area contributed by atoms with Gasteiger partial charge in [-0.15, -0.1) is 0 Å². The monoisotopic (exact) mass is 453 g/mol. The van der Waals surface area contributed by atoms with Crippen LogP contribution in [0.2, 0.25) is 5.02 Å². The Morgan fingerprint density at radius 2 is 1.85 bits per heavy atom. The second kappa shape index (κ2) is 7.86. The third-order valence-corrected chi connectivity index (χ3v) is 5.84. The molecule has 8 heteroatoms. The standard InChI is InChI=1S/C25H20ClN7/c1-16-12-32-13-17(2-7-24(32)29-16)14-33-15-21-22(31-33)8-9-27-25(21)28-11-20-6-4-18-3-5-19(26)10-23(18)30-20/h2-10,12-13,15H,11,14H2,1H3,(H,27,28). The Bertz CT molecular complexity index is 1630. The lowest BCUT2D eigenvalue weighted by molar-refractivity contribution is 0.693. The molecular formula is C25H20ClN7. The van der Waals surface area contributed by atoms with E-state index in [-0.39, 0.29) is 0 Å². The molecule has 0 spiro atoms. The van der Waals surface area contributed by atoms with Gasteiger partial charge in [0.25, 0.3) is 0 Å². The lowest BCUT2D eigenvalue weighted by atomic mass is 10.2. The molecule has 0 bridgehead atoms. The quantitative estimate of drug-likeness (QED) is 0.386. The number of anilines is 1. The van der Waals surface area contributed by atoms with Gasteiger partial charge in [-0.1, -0.05) is 29.8 Å². The maximum Gasteiger partial charge on any atom is 0.137 e. The van der Waals surface area contributed by atoms with Crippen molar-refractivity contribution in [1.82, 2.24) is 29.1 Å². The van der Waals surface area contributed by atoms with Crippen molar-refractivity contribution in [2.45, 2.75) is 20.0 Å². The van der Waals surface area contributed by atoms with Crippen LogP contribution in [0.1, 0.15) is 17.0 Å². The lowest BCUT2D eigenvalue weighted by Crippen LogP contribution is -2.03. The molecule has 1 aromatic carbocycles. The third-order valence-electron chi connectivity index (χ3n) is 5.61. The number of aryl methyl sites for hydroxylation is 1. The van der Waals surface area contributed by atoms with E-state index in [2.05, 4.69) is 33.6 Å². The first-order valence-corrected chi connectivity index (χ1v) is 11.0. The van der Waals surface area contributed by atoms with Gasteiger partial charge in [-0.3, -0.25) is 9.67 Å². The summed E-state index contributed by atoms with van der Waals surface area (Å²) in [6.07, 6.45) is 7.92. The van der Waals surface area contributed by atoms with Gasteiger partial charge in [0.1, 0.15) is 11.5 Å². The number of hydrogen-bond donors (Lipinski definition) is 1. The van der Waals surface area contributed by atoms with Crippen molar-refractivity contribution in [3.05, 3.63) is 95.3 Å². The molecule has 0 aliphatic carbocycles. The summed E-state index contributed by atoms with van der Waals surface area (Å²) < 4.78 is 3.99. The second-order valence-electron chi connectivity index (χ2n) is 8.10. The molecule has 0 atom stereocenters. The molecule has 7 nitrogen and oxygen atoms in total. The summed E-state index contributed by atoms with van der Waals surface area (Å²) in [4.78, 5) is 13.7. The maximum absolute atomic E-state index is 6.12. The number of imidazole rings is 1. The number of halogens is 1. The Morgan fingerprint density at radius 3 is 2.79 bits per heavy atom. The van der Waals surface area contributed by atoms with E-state index < -0.39 is 0 Å². The van der Waals surface area contributed by atoms with E-state index in [9.17, 15) is 0 Å². The number of benzene rings is 1. The molecule has 0 aliphatic rings. The van der Waals surface area contributed by atoms with E-state index in [1.807, 2.05) is 64.8 Å². The van der Waals surface area contributed by atoms with Crippen LogP contribution >= 0.6 is 11.6 Å². The van der Waals surface area contributed by atoms with Crippen molar-refractivity contribution in [1.29, 1.82) is 0 Å². The highest BCUT2D eigenvalue weighted by molar-refractivity contribution is 6.31. The molecule has 0 saturated carbocycles. The first kappa shape index (κ1) is 19.7. The summed E-state index contributed by atoms with van der Waals surface area (Å²) >= 11 is 6.12. The van der Waals surface area contributed by atoms with E-state index in [0.29, 0.717) is 18.1 Å². The molecule has 0 unspecified atom stereocenters. The maximum atomic E-state index is 6.12. The van der Waals surface area contributed by atoms with Crippen LogP contribution < -0.4 is 5.32 Å². The summed E-state index contributed by atoms with van der Waals surface area (Å²) in [5.74, 6) is 0.785. The molecule has 0 saturated heterocycles. The van der Waals surface area contributed by atoms with Crippen molar-refractivity contribution in [2.24, 2.45) is 0 Å². The Kier molecular flexibility index (Phi) is 4.69. The van der Waals surface area contributed by atoms with Gasteiger partial charge in [-0.2, -0.15) is 5.10 Å². The van der Waals surface area contributed by atoms with E-state index in [0.717, 1.165) is 50.2 Å². The predicted molar refractivity (Wildman–Crippen MR) is 131 cm³/mol. The zero-order valence-electron chi connectivity index (χ0n) is 17.9. The minimum atomic E-state index is 0.552. The smallest absolute Gasteiger partial charge is 0.137 e. The number of nitrogens with zero attached hydrogens (tertiary/aromatic N) is 6. The molecule has 162 valence electrons. The van der Waals surface area contributed by atoms with Gasteiger partial charge in [-0.05, 0) is 42.8 Å². The molecule has 5 heterocycles. The fraction of sp³-hybridized carbons (Fsp3) is 0.120. The predicted octanol–water partition coefficient (Wildman–Crippen LogP) is 5.25. The summed E-state index contributed by atoms with van der Waals surface area (Å²) in [6.45, 7) is 3.21. The van der Waals surface area contributed by atoms with Gasteiger partial charge in [0.15, 0.2) is 0 Å². The summed E-state index contributed by atoms with van der Waals surface area (Å²) in [5, 5.41) is 10.9. The highest BCUT2D eigenvalue weighted by Gasteiger charge is 2.09. The molecule has 5 aromatic heterocycles. The van der Waals surface area contributed by atoms with Crippen LogP contribution in [-0.2, 0) is 13.1 Å². The van der Waals surface area contributed by atoms with Crippen LogP contribution in [0.4, 0.5) is 5.82 Å². The number of pyridine rings is 3. The van der Waals surface area contributed by atoms with Gasteiger partial charge in [0.2, 0.25) is 0 Å². The number of aromatic nitrogens is 6. The molecule has 6 rings (SSSR count). The Labute approximate surface area is 194 Å². The molecule has 33 heavy (non-hydrogen) atoms.